The summed E-state index contributed by atoms with van der Waals surface area (Å²) in [5, 5.41) is 1.23. The fraction of sp³-hybridized carbons (Fsp3) is 0.385. The van der Waals surface area contributed by atoms with Crippen molar-refractivity contribution in [3.63, 3.8) is 0 Å². The number of nitrogens with zero attached hydrogens (tertiary/aromatic N) is 3. The first-order valence-electron chi connectivity index (χ1n) is 6.40. The van der Waals surface area contributed by atoms with Crippen molar-refractivity contribution in [2.75, 3.05) is 36.8 Å². The molecular weight excluding hydrogens is 296 g/mol. The number of fused-ring (bicyclic) bond motifs is 1. The molecule has 1 aromatic heterocycles. The number of nitrogen functional groups attached to an aromatic ring is 1. The highest BCUT2D eigenvalue weighted by atomic mass is 35.5. The van der Waals surface area contributed by atoms with Crippen LogP contribution in [0.25, 0.3) is 10.2 Å². The molecule has 0 saturated carbocycles. The molecule has 1 fully saturated rings. The molecule has 0 aliphatic carbocycles. The minimum atomic E-state index is 0.126. The lowest BCUT2D eigenvalue weighted by Crippen LogP contribution is -2.48. The minimum Gasteiger partial charge on any atom is -0.375 e. The SMILES string of the molecule is CC(=O)N1CCN(c2cc3sc(N)nc3cc2Cl)CC1. The zero-order valence-corrected chi connectivity index (χ0v) is 12.7. The number of aromatic nitrogens is 1. The number of amides is 1. The van der Waals surface area contributed by atoms with Crippen LogP contribution < -0.4 is 10.6 Å². The monoisotopic (exact) mass is 310 g/mol. The molecule has 2 aromatic rings. The van der Waals surface area contributed by atoms with Gasteiger partial charge in [-0.3, -0.25) is 4.79 Å². The molecule has 0 bridgehead atoms. The van der Waals surface area contributed by atoms with Crippen molar-refractivity contribution in [1.82, 2.24) is 9.88 Å². The van der Waals surface area contributed by atoms with Gasteiger partial charge in [0.05, 0.1) is 20.9 Å². The number of halogens is 1. The van der Waals surface area contributed by atoms with E-state index in [0.717, 1.165) is 42.1 Å². The average molecular weight is 311 g/mol. The first-order valence-corrected chi connectivity index (χ1v) is 7.60. The van der Waals surface area contributed by atoms with E-state index in [4.69, 9.17) is 17.3 Å². The summed E-state index contributed by atoms with van der Waals surface area (Å²) in [6.07, 6.45) is 0. The molecule has 1 amide bonds. The average Bonchev–Trinajstić information content (AvgIpc) is 2.77. The lowest BCUT2D eigenvalue weighted by atomic mass is 10.2. The number of anilines is 2. The van der Waals surface area contributed by atoms with Gasteiger partial charge in [-0.2, -0.15) is 0 Å². The van der Waals surface area contributed by atoms with Crippen LogP contribution in [0, 0.1) is 0 Å². The topological polar surface area (TPSA) is 62.5 Å². The van der Waals surface area contributed by atoms with Crippen molar-refractivity contribution in [1.29, 1.82) is 0 Å². The number of carbonyl (C=O) groups excluding carboxylic acids is 1. The highest BCUT2D eigenvalue weighted by Gasteiger charge is 2.21. The second-order valence-corrected chi connectivity index (χ2v) is 6.29. The second-order valence-electron chi connectivity index (χ2n) is 4.82. The standard InChI is InChI=1S/C13H15ClN4OS/c1-8(19)17-2-4-18(5-3-17)11-7-12-10(6-9(11)14)16-13(15)20-12/h6-7H,2-5H2,1H3,(H2,15,16). The van der Waals surface area contributed by atoms with Gasteiger partial charge in [0.25, 0.3) is 0 Å². The predicted octanol–water partition coefficient (Wildman–Crippen LogP) is 2.20. The van der Waals surface area contributed by atoms with E-state index < -0.39 is 0 Å². The lowest BCUT2D eigenvalue weighted by Gasteiger charge is -2.36. The summed E-state index contributed by atoms with van der Waals surface area (Å²) in [6, 6.07) is 3.89. The van der Waals surface area contributed by atoms with Gasteiger partial charge < -0.3 is 15.5 Å². The van der Waals surface area contributed by atoms with E-state index in [1.165, 1.54) is 11.3 Å². The number of nitrogens with two attached hydrogens (primary N) is 1. The summed E-state index contributed by atoms with van der Waals surface area (Å²) in [4.78, 5) is 19.6. The largest absolute Gasteiger partial charge is 0.375 e. The number of rotatable bonds is 1. The second kappa shape index (κ2) is 5.10. The van der Waals surface area contributed by atoms with Gasteiger partial charge in [0, 0.05) is 33.1 Å². The maximum absolute atomic E-state index is 11.3. The van der Waals surface area contributed by atoms with E-state index in [2.05, 4.69) is 9.88 Å². The molecule has 7 heteroatoms. The maximum atomic E-state index is 11.3. The van der Waals surface area contributed by atoms with Crippen molar-refractivity contribution in [2.24, 2.45) is 0 Å². The van der Waals surface area contributed by atoms with Gasteiger partial charge in [-0.25, -0.2) is 4.98 Å². The number of hydrogen-bond donors (Lipinski definition) is 1. The third kappa shape index (κ3) is 2.41. The molecule has 5 nitrogen and oxygen atoms in total. The number of hydrogen-bond acceptors (Lipinski definition) is 5. The Bertz CT molecular complexity index is 664. The molecule has 1 aliphatic rings. The van der Waals surface area contributed by atoms with Gasteiger partial charge >= 0.3 is 0 Å². The Labute approximate surface area is 125 Å². The first-order chi connectivity index (χ1) is 9.54. The zero-order valence-electron chi connectivity index (χ0n) is 11.1. The third-order valence-electron chi connectivity index (χ3n) is 3.54. The van der Waals surface area contributed by atoms with E-state index in [1.807, 2.05) is 17.0 Å². The van der Waals surface area contributed by atoms with Crippen LogP contribution >= 0.6 is 22.9 Å². The van der Waals surface area contributed by atoms with Gasteiger partial charge in [-0.15, -0.1) is 0 Å². The predicted molar refractivity (Wildman–Crippen MR) is 83.5 cm³/mol. The van der Waals surface area contributed by atoms with E-state index in [1.54, 1.807) is 6.92 Å². The Hall–Kier alpha value is -1.53. The molecule has 0 spiro atoms. The number of carbonyl (C=O) groups is 1. The van der Waals surface area contributed by atoms with Crippen LogP contribution in [-0.2, 0) is 4.79 Å². The van der Waals surface area contributed by atoms with Crippen molar-refractivity contribution in [2.45, 2.75) is 6.92 Å². The Balaban J connectivity index is 1.87. The summed E-state index contributed by atoms with van der Waals surface area (Å²) in [7, 11) is 0. The van der Waals surface area contributed by atoms with Gasteiger partial charge in [0.1, 0.15) is 0 Å². The molecule has 2 N–H and O–H groups in total. The van der Waals surface area contributed by atoms with Crippen LogP contribution in [0.1, 0.15) is 6.92 Å². The summed E-state index contributed by atoms with van der Waals surface area (Å²) < 4.78 is 1.04. The molecule has 1 aliphatic heterocycles. The van der Waals surface area contributed by atoms with Gasteiger partial charge in [0.2, 0.25) is 5.91 Å². The summed E-state index contributed by atoms with van der Waals surface area (Å²) in [5.74, 6) is 0.126. The summed E-state index contributed by atoms with van der Waals surface area (Å²) in [5.41, 5.74) is 7.56. The molecule has 0 unspecified atom stereocenters. The van der Waals surface area contributed by atoms with Crippen molar-refractivity contribution in [3.05, 3.63) is 17.2 Å². The third-order valence-corrected chi connectivity index (χ3v) is 4.69. The van der Waals surface area contributed by atoms with Crippen molar-refractivity contribution >= 4 is 49.9 Å². The normalized spacial score (nSPS) is 15.9. The lowest BCUT2D eigenvalue weighted by molar-refractivity contribution is -0.129. The Morgan fingerprint density at radius 3 is 2.70 bits per heavy atom. The molecule has 3 rings (SSSR count). The van der Waals surface area contributed by atoms with Crippen molar-refractivity contribution in [3.8, 4) is 0 Å². The highest BCUT2D eigenvalue weighted by Crippen LogP contribution is 2.34. The molecule has 1 aromatic carbocycles. The quantitative estimate of drug-likeness (QED) is 0.877. The minimum absolute atomic E-state index is 0.126. The first kappa shape index (κ1) is 13.5. The van der Waals surface area contributed by atoms with E-state index >= 15 is 0 Å². The number of piperazine rings is 1. The molecule has 106 valence electrons. The Kier molecular flexibility index (Phi) is 3.43. The Morgan fingerprint density at radius 1 is 1.35 bits per heavy atom. The van der Waals surface area contributed by atoms with Crippen LogP contribution in [0.4, 0.5) is 10.8 Å². The smallest absolute Gasteiger partial charge is 0.219 e. The molecule has 1 saturated heterocycles. The highest BCUT2D eigenvalue weighted by molar-refractivity contribution is 7.22. The van der Waals surface area contributed by atoms with Crippen LogP contribution in [0.3, 0.4) is 0 Å². The fourth-order valence-electron chi connectivity index (χ4n) is 2.46. The molecular formula is C13H15ClN4OS. The van der Waals surface area contributed by atoms with E-state index in [9.17, 15) is 4.79 Å². The van der Waals surface area contributed by atoms with Gasteiger partial charge in [-0.05, 0) is 12.1 Å². The van der Waals surface area contributed by atoms with Crippen LogP contribution in [0.5, 0.6) is 0 Å². The van der Waals surface area contributed by atoms with Gasteiger partial charge in [-0.1, -0.05) is 22.9 Å². The summed E-state index contributed by atoms with van der Waals surface area (Å²) >= 11 is 7.81. The number of benzene rings is 1. The van der Waals surface area contributed by atoms with Crippen LogP contribution in [0.15, 0.2) is 12.1 Å². The Morgan fingerprint density at radius 2 is 2.05 bits per heavy atom. The van der Waals surface area contributed by atoms with Crippen LogP contribution in [-0.4, -0.2) is 42.0 Å². The molecule has 0 radical (unpaired) electrons. The van der Waals surface area contributed by atoms with Crippen LogP contribution in [0.2, 0.25) is 5.02 Å². The summed E-state index contributed by atoms with van der Waals surface area (Å²) in [6.45, 7) is 4.65. The zero-order chi connectivity index (χ0) is 14.3. The van der Waals surface area contributed by atoms with Gasteiger partial charge in [0.15, 0.2) is 5.13 Å². The van der Waals surface area contributed by atoms with Crippen molar-refractivity contribution < 1.29 is 4.79 Å². The fourth-order valence-corrected chi connectivity index (χ4v) is 3.49. The van der Waals surface area contributed by atoms with E-state index in [-0.39, 0.29) is 5.91 Å². The van der Waals surface area contributed by atoms with E-state index in [0.29, 0.717) is 10.2 Å². The molecule has 20 heavy (non-hydrogen) atoms. The molecule has 0 atom stereocenters. The molecule has 2 heterocycles. The number of thiazole rings is 1. The maximum Gasteiger partial charge on any atom is 0.219 e.